The van der Waals surface area contributed by atoms with Crippen molar-refractivity contribution in [3.63, 3.8) is 0 Å². The molecule has 0 aliphatic carbocycles. The third kappa shape index (κ3) is 9.02. The van der Waals surface area contributed by atoms with E-state index in [-0.39, 0.29) is 34.4 Å². The molecule has 0 bridgehead atoms. The van der Waals surface area contributed by atoms with Crippen LogP contribution in [0.3, 0.4) is 0 Å². The minimum atomic E-state index is -0.224. The van der Waals surface area contributed by atoms with E-state index >= 15 is 0 Å². The predicted octanol–water partition coefficient (Wildman–Crippen LogP) is 0.804. The second-order valence-corrected chi connectivity index (χ2v) is 7.85. The van der Waals surface area contributed by atoms with Crippen molar-refractivity contribution >= 4 is 19.4 Å². The number of hydrogen-bond acceptors (Lipinski definition) is 8. The monoisotopic (exact) mass is 488 g/mol. The Balaban J connectivity index is 0.00000578. The molecule has 1 atom stereocenters. The van der Waals surface area contributed by atoms with E-state index in [1.807, 2.05) is 26.0 Å². The summed E-state index contributed by atoms with van der Waals surface area (Å²) in [5.74, 6) is 2.53. The predicted molar refractivity (Wildman–Crippen MR) is 130 cm³/mol. The number of hydrogen-bond donors (Lipinski definition) is 0. The minimum Gasteiger partial charge on any atom is -1.00 e. The molecule has 0 heterocycles. The Bertz CT molecular complexity index is 875. The summed E-state index contributed by atoms with van der Waals surface area (Å²) in [6.07, 6.45) is 0. The molecular formula is C24H34LiO8P. The first-order valence-electron chi connectivity index (χ1n) is 10.7. The molecule has 10 heteroatoms. The van der Waals surface area contributed by atoms with Crippen LogP contribution in [0.5, 0.6) is 28.7 Å². The van der Waals surface area contributed by atoms with Crippen LogP contribution in [-0.4, -0.2) is 66.5 Å². The summed E-state index contributed by atoms with van der Waals surface area (Å²) < 4.78 is 38.5. The van der Waals surface area contributed by atoms with Gasteiger partial charge in [0, 0.05) is 36.7 Å². The second-order valence-electron chi connectivity index (χ2n) is 6.61. The fourth-order valence-electron chi connectivity index (χ4n) is 2.95. The number of methoxy groups -OCH3 is 3. The zero-order valence-corrected chi connectivity index (χ0v) is 21.9. The van der Waals surface area contributed by atoms with Gasteiger partial charge in [-0.05, 0) is 34.6 Å². The largest absolute Gasteiger partial charge is 1.00 e. The zero-order chi connectivity index (χ0) is 24.1. The second kappa shape index (κ2) is 16.6. The fraction of sp³-hybridized carbons (Fsp3) is 0.458. The van der Waals surface area contributed by atoms with Gasteiger partial charge in [0.05, 0.1) is 34.5 Å². The van der Waals surface area contributed by atoms with E-state index in [4.69, 9.17) is 33.2 Å². The topological polar surface area (TPSA) is 81.7 Å². The molecule has 0 aliphatic heterocycles. The van der Waals surface area contributed by atoms with Crippen LogP contribution in [0.2, 0.25) is 0 Å². The quantitative estimate of drug-likeness (QED) is 0.195. The zero-order valence-electron chi connectivity index (χ0n) is 21.9. The molecule has 184 valence electrons. The molecule has 2 aromatic carbocycles. The summed E-state index contributed by atoms with van der Waals surface area (Å²) in [7, 11) is 4.33. The molecular weight excluding hydrogens is 454 g/mol. The van der Waals surface area contributed by atoms with Crippen LogP contribution in [-0.2, 0) is 9.47 Å². The van der Waals surface area contributed by atoms with Gasteiger partial charge in [-0.3, -0.25) is 4.79 Å². The van der Waals surface area contributed by atoms with Crippen molar-refractivity contribution in [3.8, 4) is 28.7 Å². The average molecular weight is 488 g/mol. The first-order valence-corrected chi connectivity index (χ1v) is 11.7. The average Bonchev–Trinajstić information content (AvgIpc) is 2.84. The van der Waals surface area contributed by atoms with E-state index in [1.165, 1.54) is 14.2 Å². The summed E-state index contributed by atoms with van der Waals surface area (Å²) in [4.78, 5) is 13.3. The first kappa shape index (κ1) is 30.1. The van der Waals surface area contributed by atoms with Gasteiger partial charge in [0.25, 0.3) is 0 Å². The smallest absolute Gasteiger partial charge is 1.00 e. The van der Waals surface area contributed by atoms with Gasteiger partial charge in [0.1, 0.15) is 47.5 Å². The van der Waals surface area contributed by atoms with Gasteiger partial charge in [-0.15, -0.1) is 0 Å². The maximum atomic E-state index is 13.3. The van der Waals surface area contributed by atoms with Crippen molar-refractivity contribution in [3.05, 3.63) is 35.9 Å². The molecule has 0 aromatic heterocycles. The Morgan fingerprint density at radius 3 is 1.85 bits per heavy atom. The van der Waals surface area contributed by atoms with Crippen molar-refractivity contribution in [2.24, 2.45) is 0 Å². The molecule has 34 heavy (non-hydrogen) atoms. The summed E-state index contributed by atoms with van der Waals surface area (Å²) >= 11 is 0. The maximum absolute atomic E-state index is 13.3. The van der Waals surface area contributed by atoms with Crippen molar-refractivity contribution < 1.29 is 58.2 Å². The van der Waals surface area contributed by atoms with E-state index in [1.54, 1.807) is 25.3 Å². The molecule has 2 aromatic rings. The van der Waals surface area contributed by atoms with Crippen LogP contribution in [0, 0.1) is 0 Å². The van der Waals surface area contributed by atoms with Gasteiger partial charge in [0.2, 0.25) is 0 Å². The molecule has 0 amide bonds. The van der Waals surface area contributed by atoms with E-state index in [0.29, 0.717) is 74.0 Å². The van der Waals surface area contributed by atoms with Gasteiger partial charge in [-0.25, -0.2) is 0 Å². The Labute approximate surface area is 217 Å². The van der Waals surface area contributed by atoms with E-state index in [0.717, 1.165) is 5.30 Å². The van der Waals surface area contributed by atoms with Crippen LogP contribution in [0.1, 0.15) is 25.6 Å². The molecule has 0 aliphatic rings. The Hall–Kier alpha value is -1.94. The Morgan fingerprint density at radius 1 is 0.765 bits per heavy atom. The van der Waals surface area contributed by atoms with Crippen LogP contribution in [0.25, 0.3) is 0 Å². The van der Waals surface area contributed by atoms with Crippen LogP contribution in [0.15, 0.2) is 30.3 Å². The molecule has 0 saturated carbocycles. The van der Waals surface area contributed by atoms with Crippen molar-refractivity contribution in [2.45, 2.75) is 13.8 Å². The van der Waals surface area contributed by atoms with Gasteiger partial charge < -0.3 is 34.6 Å². The molecule has 0 N–H and O–H groups in total. The van der Waals surface area contributed by atoms with E-state index < -0.39 is 0 Å². The van der Waals surface area contributed by atoms with E-state index in [2.05, 4.69) is 0 Å². The molecule has 1 unspecified atom stereocenters. The van der Waals surface area contributed by atoms with Crippen LogP contribution < -0.4 is 47.8 Å². The third-order valence-corrected chi connectivity index (χ3v) is 5.69. The van der Waals surface area contributed by atoms with Gasteiger partial charge in [-0.1, -0.05) is 0 Å². The standard InChI is InChI=1S/C24H33O8P.Li.H/c1-6-29-10-12-31-17-8-9-22(19(14-17)32-13-11-30-7-2)33-24(25)23-20(27-4)15-18(26-3)16-21(23)28-5;;/h8-9,14-16,33H,6-7,10-13H2,1-5H3;;/q;+1;-1. The summed E-state index contributed by atoms with van der Waals surface area (Å²) in [5.41, 5.74) is 0.211. The molecule has 0 saturated heterocycles. The van der Waals surface area contributed by atoms with Gasteiger partial charge in [-0.2, -0.15) is 0 Å². The van der Waals surface area contributed by atoms with Crippen molar-refractivity contribution in [1.82, 2.24) is 0 Å². The summed E-state index contributed by atoms with van der Waals surface area (Å²) in [6, 6.07) is 8.77. The van der Waals surface area contributed by atoms with Crippen molar-refractivity contribution in [1.29, 1.82) is 0 Å². The number of benzene rings is 2. The fourth-order valence-corrected chi connectivity index (χ4v) is 4.00. The molecule has 0 fully saturated rings. The van der Waals surface area contributed by atoms with E-state index in [9.17, 15) is 4.79 Å². The minimum absolute atomic E-state index is 0. The Kier molecular flexibility index (Phi) is 14.7. The normalized spacial score (nSPS) is 10.6. The first-order chi connectivity index (χ1) is 16.1. The third-order valence-electron chi connectivity index (χ3n) is 4.53. The Morgan fingerprint density at radius 2 is 1.32 bits per heavy atom. The van der Waals surface area contributed by atoms with Crippen LogP contribution >= 0.6 is 8.58 Å². The van der Waals surface area contributed by atoms with Gasteiger partial charge >= 0.3 is 18.9 Å². The number of rotatable bonds is 16. The molecule has 0 spiro atoms. The molecule has 0 radical (unpaired) electrons. The van der Waals surface area contributed by atoms with Crippen molar-refractivity contribution in [2.75, 3.05) is 61.0 Å². The SMILES string of the molecule is CCOCCOc1ccc(PC(=O)c2c(OC)cc(OC)cc2OC)c(OCCOCC)c1.[H-].[Li+]. The number of carbonyl (C=O) groups is 1. The van der Waals surface area contributed by atoms with Gasteiger partial charge in [0.15, 0.2) is 5.52 Å². The number of ether oxygens (including phenoxy) is 7. The maximum Gasteiger partial charge on any atom is 1.00 e. The van der Waals surface area contributed by atoms with Crippen LogP contribution in [0.4, 0.5) is 0 Å². The summed E-state index contributed by atoms with van der Waals surface area (Å²) in [5, 5.41) is 0.744. The number of carbonyl (C=O) groups excluding carboxylic acids is 1. The molecule has 2 rings (SSSR count). The molecule has 8 nitrogen and oxygen atoms in total. The summed E-state index contributed by atoms with van der Waals surface area (Å²) in [6.45, 7) is 6.82.